The minimum Gasteiger partial charge on any atom is -0.482 e. The SMILES string of the molecule is O=C1COc2cc(-c3ncc(C4C5=CC5c5nc(-c6cc(Cl)ccc6-n6cnnn6)cc(=O)n54)[nH]3)ccc2N1. The zero-order valence-corrected chi connectivity index (χ0v) is 20.6. The van der Waals surface area contributed by atoms with Crippen LogP contribution < -0.4 is 15.6 Å². The van der Waals surface area contributed by atoms with Gasteiger partial charge in [-0.25, -0.2) is 9.97 Å². The van der Waals surface area contributed by atoms with Crippen LogP contribution in [-0.4, -0.2) is 52.2 Å². The summed E-state index contributed by atoms with van der Waals surface area (Å²) in [7, 11) is 0. The Morgan fingerprint density at radius 1 is 1.10 bits per heavy atom. The molecule has 13 heteroatoms. The Morgan fingerprint density at radius 2 is 2.03 bits per heavy atom. The number of amides is 1. The molecular formula is C26H16ClN9O3. The van der Waals surface area contributed by atoms with Crippen LogP contribution >= 0.6 is 11.6 Å². The number of nitrogens with zero attached hydrogens (tertiary/aromatic N) is 7. The lowest BCUT2D eigenvalue weighted by Crippen LogP contribution is -2.26. The normalized spacial score (nSPS) is 18.5. The van der Waals surface area contributed by atoms with Crippen molar-refractivity contribution in [3.8, 4) is 34.1 Å². The second-order valence-electron chi connectivity index (χ2n) is 9.41. The molecule has 1 amide bonds. The van der Waals surface area contributed by atoms with Gasteiger partial charge in [-0.15, -0.1) is 5.10 Å². The average molecular weight is 538 g/mol. The number of allylic oxidation sites excluding steroid dienone is 2. The van der Waals surface area contributed by atoms with Crippen molar-refractivity contribution in [3.05, 3.63) is 93.5 Å². The molecule has 0 fully saturated rings. The number of fused-ring (bicyclic) bond motifs is 4. The van der Waals surface area contributed by atoms with E-state index in [-0.39, 0.29) is 30.0 Å². The number of halogens is 1. The van der Waals surface area contributed by atoms with E-state index in [2.05, 4.69) is 36.9 Å². The molecule has 0 radical (unpaired) electrons. The quantitative estimate of drug-likeness (QED) is 0.333. The van der Waals surface area contributed by atoms with E-state index in [4.69, 9.17) is 21.3 Å². The number of H-pyrrole nitrogens is 1. The van der Waals surface area contributed by atoms with Crippen LogP contribution in [0.5, 0.6) is 5.75 Å². The highest BCUT2D eigenvalue weighted by Gasteiger charge is 2.46. The summed E-state index contributed by atoms with van der Waals surface area (Å²) in [4.78, 5) is 37.9. The molecule has 5 aromatic rings. The highest BCUT2D eigenvalue weighted by molar-refractivity contribution is 6.31. The molecule has 2 atom stereocenters. The molecule has 2 aliphatic heterocycles. The van der Waals surface area contributed by atoms with Crippen molar-refractivity contribution in [3.63, 3.8) is 0 Å². The zero-order valence-electron chi connectivity index (χ0n) is 19.9. The molecule has 0 spiro atoms. The van der Waals surface area contributed by atoms with Gasteiger partial charge >= 0.3 is 0 Å². The van der Waals surface area contributed by atoms with Crippen molar-refractivity contribution in [2.45, 2.75) is 12.0 Å². The third-order valence-corrected chi connectivity index (χ3v) is 7.28. The van der Waals surface area contributed by atoms with E-state index in [1.54, 1.807) is 35.0 Å². The van der Waals surface area contributed by atoms with E-state index >= 15 is 0 Å². The smallest absolute Gasteiger partial charge is 0.262 e. The molecule has 0 bridgehead atoms. The van der Waals surface area contributed by atoms with Gasteiger partial charge in [-0.2, -0.15) is 4.68 Å². The lowest BCUT2D eigenvalue weighted by molar-refractivity contribution is -0.118. The minimum atomic E-state index is -0.327. The van der Waals surface area contributed by atoms with Crippen LogP contribution in [0.3, 0.4) is 0 Å². The number of carbonyl (C=O) groups excluding carboxylic acids is 1. The Hall–Kier alpha value is -5.10. The summed E-state index contributed by atoms with van der Waals surface area (Å²) >= 11 is 6.30. The van der Waals surface area contributed by atoms with Crippen LogP contribution in [0.15, 0.2) is 71.4 Å². The van der Waals surface area contributed by atoms with Gasteiger partial charge in [0.15, 0.2) is 6.61 Å². The van der Waals surface area contributed by atoms with Gasteiger partial charge in [-0.05, 0) is 52.4 Å². The van der Waals surface area contributed by atoms with Gasteiger partial charge in [-0.3, -0.25) is 14.2 Å². The van der Waals surface area contributed by atoms with E-state index < -0.39 is 0 Å². The molecule has 1 aliphatic carbocycles. The lowest BCUT2D eigenvalue weighted by Gasteiger charge is -2.18. The third kappa shape index (κ3) is 3.42. The maximum Gasteiger partial charge on any atom is 0.262 e. The van der Waals surface area contributed by atoms with Crippen LogP contribution in [0.2, 0.25) is 5.02 Å². The maximum absolute atomic E-state index is 13.5. The van der Waals surface area contributed by atoms with Gasteiger partial charge in [0.2, 0.25) is 0 Å². The van der Waals surface area contributed by atoms with Crippen LogP contribution in [-0.2, 0) is 4.79 Å². The fraction of sp³-hybridized carbons (Fsp3) is 0.115. The molecule has 3 aromatic heterocycles. The van der Waals surface area contributed by atoms with Crippen LogP contribution in [0, 0.1) is 0 Å². The first-order valence-electron chi connectivity index (χ1n) is 12.0. The molecule has 2 aromatic carbocycles. The number of imidazole rings is 1. The summed E-state index contributed by atoms with van der Waals surface area (Å²) in [6, 6.07) is 11.9. The van der Waals surface area contributed by atoms with E-state index in [0.29, 0.717) is 45.1 Å². The molecule has 2 unspecified atom stereocenters. The Balaban J connectivity index is 1.17. The molecular weight excluding hydrogens is 522 g/mol. The molecule has 0 saturated carbocycles. The number of tetrazole rings is 1. The lowest BCUT2D eigenvalue weighted by atomic mass is 10.1. The number of benzene rings is 2. The average Bonchev–Trinajstić information content (AvgIpc) is 3.28. The summed E-state index contributed by atoms with van der Waals surface area (Å²) in [5, 5.41) is 14.7. The number of ether oxygens (including phenoxy) is 1. The van der Waals surface area contributed by atoms with Crippen molar-refractivity contribution < 1.29 is 9.53 Å². The highest BCUT2D eigenvalue weighted by atomic mass is 35.5. The second kappa shape index (κ2) is 7.95. The molecule has 0 saturated heterocycles. The standard InChI is InChI=1S/C26H16ClN9O3/c27-13-2-4-20(35-11-29-33-34-35)16(6-13)18-8-23(38)36-24(14-7-15(14)26(36)32-18)19-9-28-25(31-19)12-1-3-17-21(5-12)39-10-22(37)30-17/h1-9,11,15,24H,10H2,(H,28,31)(H,30,37). The molecule has 8 rings (SSSR count). The second-order valence-corrected chi connectivity index (χ2v) is 9.84. The predicted molar refractivity (Wildman–Crippen MR) is 139 cm³/mol. The van der Waals surface area contributed by atoms with Crippen LogP contribution in [0.25, 0.3) is 28.3 Å². The van der Waals surface area contributed by atoms with Gasteiger partial charge in [0, 0.05) is 22.2 Å². The molecule has 190 valence electrons. The summed E-state index contributed by atoms with van der Waals surface area (Å²) < 4.78 is 8.75. The Labute approximate surface area is 223 Å². The summed E-state index contributed by atoms with van der Waals surface area (Å²) in [5.74, 6) is 1.66. The Kier molecular flexibility index (Phi) is 4.47. The molecule has 2 N–H and O–H groups in total. The number of nitrogens with one attached hydrogen (secondary N) is 2. The van der Waals surface area contributed by atoms with E-state index in [1.807, 2.05) is 12.1 Å². The number of aromatic amines is 1. The number of hydrogen-bond acceptors (Lipinski definition) is 8. The van der Waals surface area contributed by atoms with E-state index in [1.165, 1.54) is 17.1 Å². The Morgan fingerprint density at radius 3 is 2.90 bits per heavy atom. The van der Waals surface area contributed by atoms with Gasteiger partial charge in [0.1, 0.15) is 29.8 Å². The van der Waals surface area contributed by atoms with Crippen molar-refractivity contribution >= 4 is 23.2 Å². The number of anilines is 1. The van der Waals surface area contributed by atoms with Crippen LogP contribution in [0.1, 0.15) is 23.5 Å². The fourth-order valence-corrected chi connectivity index (χ4v) is 5.42. The first kappa shape index (κ1) is 21.9. The molecule has 12 nitrogen and oxygen atoms in total. The summed E-state index contributed by atoms with van der Waals surface area (Å²) in [5.41, 5.74) is 4.90. The van der Waals surface area contributed by atoms with Gasteiger partial charge < -0.3 is 15.0 Å². The minimum absolute atomic E-state index is 0.0224. The summed E-state index contributed by atoms with van der Waals surface area (Å²) in [6.45, 7) is -0.0292. The van der Waals surface area contributed by atoms with Gasteiger partial charge in [-0.1, -0.05) is 17.7 Å². The first-order valence-corrected chi connectivity index (χ1v) is 12.4. The number of rotatable bonds is 4. The van der Waals surface area contributed by atoms with Crippen molar-refractivity contribution in [1.29, 1.82) is 0 Å². The Bertz CT molecular complexity index is 1930. The van der Waals surface area contributed by atoms with Crippen molar-refractivity contribution in [2.24, 2.45) is 0 Å². The number of aromatic nitrogens is 8. The first-order chi connectivity index (χ1) is 19.0. The van der Waals surface area contributed by atoms with E-state index in [0.717, 1.165) is 16.8 Å². The van der Waals surface area contributed by atoms with Gasteiger partial charge in [0.25, 0.3) is 11.5 Å². The number of hydrogen-bond donors (Lipinski definition) is 2. The van der Waals surface area contributed by atoms with Gasteiger partial charge in [0.05, 0.1) is 34.9 Å². The largest absolute Gasteiger partial charge is 0.482 e. The molecule has 3 aliphatic rings. The molecule has 5 heterocycles. The maximum atomic E-state index is 13.5. The monoisotopic (exact) mass is 537 g/mol. The third-order valence-electron chi connectivity index (χ3n) is 7.05. The number of carbonyl (C=O) groups is 1. The zero-order chi connectivity index (χ0) is 26.2. The highest BCUT2D eigenvalue weighted by Crippen LogP contribution is 2.53. The fourth-order valence-electron chi connectivity index (χ4n) is 5.25. The molecule has 39 heavy (non-hydrogen) atoms. The van der Waals surface area contributed by atoms with Crippen molar-refractivity contribution in [1.82, 2.24) is 39.7 Å². The van der Waals surface area contributed by atoms with Crippen molar-refractivity contribution in [2.75, 3.05) is 11.9 Å². The van der Waals surface area contributed by atoms with Crippen LogP contribution in [0.4, 0.5) is 5.69 Å². The van der Waals surface area contributed by atoms with E-state index in [9.17, 15) is 9.59 Å². The topological polar surface area (TPSA) is 146 Å². The predicted octanol–water partition coefficient (Wildman–Crippen LogP) is 2.89. The summed E-state index contributed by atoms with van der Waals surface area (Å²) in [6.07, 6.45) is 5.32.